The summed E-state index contributed by atoms with van der Waals surface area (Å²) in [5.41, 5.74) is 0.401. The van der Waals surface area contributed by atoms with Crippen LogP contribution in [0.1, 0.15) is 45.5 Å². The van der Waals surface area contributed by atoms with Crippen LogP contribution in [-0.4, -0.2) is 41.5 Å². The minimum Gasteiger partial charge on any atom is -0.480 e. The minimum atomic E-state index is -1.29. The van der Waals surface area contributed by atoms with Crippen LogP contribution in [0.3, 0.4) is 0 Å². The molecule has 22 heavy (non-hydrogen) atoms. The van der Waals surface area contributed by atoms with Gasteiger partial charge in [0.2, 0.25) is 0 Å². The Morgan fingerprint density at radius 1 is 1.18 bits per heavy atom. The van der Waals surface area contributed by atoms with Gasteiger partial charge in [-0.05, 0) is 18.1 Å². The van der Waals surface area contributed by atoms with E-state index < -0.39 is 17.4 Å². The van der Waals surface area contributed by atoms with Crippen LogP contribution < -0.4 is 5.32 Å². The van der Waals surface area contributed by atoms with E-state index in [1.807, 2.05) is 0 Å². The fourth-order valence-electron chi connectivity index (χ4n) is 3.10. The monoisotopic (exact) mass is 303 g/mol. The number of carbonyl (C=O) groups is 3. The highest BCUT2D eigenvalue weighted by Gasteiger charge is 2.42. The molecule has 1 aliphatic carbocycles. The van der Waals surface area contributed by atoms with Crippen LogP contribution in [0.15, 0.2) is 18.2 Å². The lowest BCUT2D eigenvalue weighted by Gasteiger charge is -2.34. The van der Waals surface area contributed by atoms with Gasteiger partial charge in [0.1, 0.15) is 5.54 Å². The summed E-state index contributed by atoms with van der Waals surface area (Å²) < 4.78 is 5.19. The Labute approximate surface area is 127 Å². The number of carboxylic acids is 1. The molecule has 0 radical (unpaired) electrons. The van der Waals surface area contributed by atoms with Crippen LogP contribution in [0.5, 0.6) is 0 Å². The zero-order valence-corrected chi connectivity index (χ0v) is 12.1. The Hall–Kier alpha value is -2.21. The lowest BCUT2D eigenvalue weighted by molar-refractivity contribution is -0.148. The summed E-state index contributed by atoms with van der Waals surface area (Å²) in [6.07, 6.45) is 1.41. The van der Waals surface area contributed by atoms with E-state index in [1.165, 1.54) is 0 Å². The summed E-state index contributed by atoms with van der Waals surface area (Å²) in [5.74, 6) is -1.45. The molecule has 0 unspecified atom stereocenters. The van der Waals surface area contributed by atoms with Gasteiger partial charge in [-0.15, -0.1) is 0 Å². The highest BCUT2D eigenvalue weighted by Crippen LogP contribution is 2.27. The van der Waals surface area contributed by atoms with Gasteiger partial charge in [-0.1, -0.05) is 12.1 Å². The fraction of sp³-hybridized carbons (Fsp3) is 0.438. The van der Waals surface area contributed by atoms with Crippen LogP contribution in [0.2, 0.25) is 0 Å². The first-order valence-electron chi connectivity index (χ1n) is 7.32. The van der Waals surface area contributed by atoms with E-state index in [1.54, 1.807) is 18.2 Å². The van der Waals surface area contributed by atoms with Gasteiger partial charge >= 0.3 is 5.97 Å². The number of amides is 1. The Morgan fingerprint density at radius 2 is 1.91 bits per heavy atom. The number of carboxylic acid groups (broad SMARTS) is 1. The maximum atomic E-state index is 12.6. The number of nitrogens with one attached hydrogen (secondary N) is 1. The van der Waals surface area contributed by atoms with E-state index in [9.17, 15) is 19.5 Å². The number of benzene rings is 1. The van der Waals surface area contributed by atoms with Crippen LogP contribution in [0, 0.1) is 0 Å². The second kappa shape index (κ2) is 5.53. The van der Waals surface area contributed by atoms with Crippen molar-refractivity contribution in [3.05, 3.63) is 34.9 Å². The molecule has 0 atom stereocenters. The Morgan fingerprint density at radius 3 is 2.59 bits per heavy atom. The van der Waals surface area contributed by atoms with E-state index in [4.69, 9.17) is 4.74 Å². The number of hydrogen-bond donors (Lipinski definition) is 2. The number of ether oxygens (including phenoxy) is 1. The van der Waals surface area contributed by atoms with Crippen LogP contribution >= 0.6 is 0 Å². The van der Waals surface area contributed by atoms with Crippen LogP contribution in [-0.2, 0) is 16.0 Å². The molecule has 0 spiro atoms. The third-order valence-electron chi connectivity index (χ3n) is 4.43. The number of hydrogen-bond acceptors (Lipinski definition) is 4. The Bertz CT molecular complexity index is 646. The largest absolute Gasteiger partial charge is 0.480 e. The molecule has 1 amide bonds. The summed E-state index contributed by atoms with van der Waals surface area (Å²) in [4.78, 5) is 35.9. The van der Waals surface area contributed by atoms with Gasteiger partial charge in [-0.3, -0.25) is 9.59 Å². The van der Waals surface area contributed by atoms with Gasteiger partial charge in [-0.2, -0.15) is 0 Å². The number of Topliss-reactive ketones (excluding diaryl/α,β-unsaturated/α-hetero) is 1. The van der Waals surface area contributed by atoms with Gasteiger partial charge in [0.15, 0.2) is 5.78 Å². The minimum absolute atomic E-state index is 0.0312. The standard InChI is InChI=1S/C16H17NO5/c18-13-5-4-10-11(13)2-1-3-12(10)14(19)17-16(15(20)21)6-8-22-9-7-16/h1-3H,4-9H2,(H,17,19)(H,20,21). The molecule has 0 saturated carbocycles. The molecule has 6 nitrogen and oxygen atoms in total. The third-order valence-corrected chi connectivity index (χ3v) is 4.43. The van der Waals surface area contributed by atoms with Crippen molar-refractivity contribution in [2.75, 3.05) is 13.2 Å². The average molecular weight is 303 g/mol. The number of ketones is 1. The van der Waals surface area contributed by atoms with Crippen molar-refractivity contribution in [2.45, 2.75) is 31.2 Å². The van der Waals surface area contributed by atoms with E-state index in [2.05, 4.69) is 5.32 Å². The zero-order chi connectivity index (χ0) is 15.7. The third kappa shape index (κ3) is 2.39. The molecule has 2 N–H and O–H groups in total. The molecule has 1 aromatic carbocycles. The van der Waals surface area contributed by atoms with Gasteiger partial charge in [-0.25, -0.2) is 4.79 Å². The van der Waals surface area contributed by atoms with Crippen molar-refractivity contribution in [1.82, 2.24) is 5.32 Å². The number of fused-ring (bicyclic) bond motifs is 1. The number of carbonyl (C=O) groups excluding carboxylic acids is 2. The predicted octanol–water partition coefficient (Wildman–Crippen LogP) is 1.18. The van der Waals surface area contributed by atoms with Crippen LogP contribution in [0.4, 0.5) is 0 Å². The van der Waals surface area contributed by atoms with Gasteiger partial charge in [0.25, 0.3) is 5.91 Å². The molecule has 0 bridgehead atoms. The first kappa shape index (κ1) is 14.7. The molecule has 3 rings (SSSR count). The van der Waals surface area contributed by atoms with Crippen molar-refractivity contribution >= 4 is 17.7 Å². The van der Waals surface area contributed by atoms with Crippen molar-refractivity contribution in [2.24, 2.45) is 0 Å². The first-order valence-corrected chi connectivity index (χ1v) is 7.32. The quantitative estimate of drug-likeness (QED) is 0.874. The lowest BCUT2D eigenvalue weighted by atomic mass is 9.89. The molecular weight excluding hydrogens is 286 g/mol. The molecule has 0 aromatic heterocycles. The SMILES string of the molecule is O=C1CCc2c1cccc2C(=O)NC1(C(=O)O)CCOCC1. The summed E-state index contributed by atoms with van der Waals surface area (Å²) in [7, 11) is 0. The second-order valence-corrected chi connectivity index (χ2v) is 5.71. The number of aliphatic carboxylic acids is 1. The predicted molar refractivity (Wildman–Crippen MR) is 77.0 cm³/mol. The molecule has 1 heterocycles. The van der Waals surface area contributed by atoms with Crippen molar-refractivity contribution in [3.63, 3.8) is 0 Å². The molecule has 6 heteroatoms. The first-order chi connectivity index (χ1) is 10.5. The van der Waals surface area contributed by atoms with Crippen molar-refractivity contribution < 1.29 is 24.2 Å². The molecular formula is C16H17NO5. The highest BCUT2D eigenvalue weighted by atomic mass is 16.5. The maximum Gasteiger partial charge on any atom is 0.329 e. The van der Waals surface area contributed by atoms with Crippen molar-refractivity contribution in [3.8, 4) is 0 Å². The molecule has 1 saturated heterocycles. The second-order valence-electron chi connectivity index (χ2n) is 5.71. The molecule has 116 valence electrons. The molecule has 1 fully saturated rings. The fourth-order valence-corrected chi connectivity index (χ4v) is 3.10. The van der Waals surface area contributed by atoms with Crippen molar-refractivity contribution in [1.29, 1.82) is 0 Å². The normalized spacial score (nSPS) is 19.5. The molecule has 1 aliphatic heterocycles. The van der Waals surface area contributed by atoms with Gasteiger partial charge < -0.3 is 15.2 Å². The van der Waals surface area contributed by atoms with E-state index in [0.29, 0.717) is 37.2 Å². The zero-order valence-electron chi connectivity index (χ0n) is 12.1. The highest BCUT2D eigenvalue weighted by molar-refractivity contribution is 6.06. The van der Waals surface area contributed by atoms with E-state index in [0.717, 1.165) is 5.56 Å². The maximum absolute atomic E-state index is 12.6. The number of rotatable bonds is 3. The molecule has 2 aliphatic rings. The van der Waals surface area contributed by atoms with Gasteiger partial charge in [0, 0.05) is 43.6 Å². The average Bonchev–Trinajstić information content (AvgIpc) is 2.89. The Kier molecular flexibility index (Phi) is 3.70. The summed E-state index contributed by atoms with van der Waals surface area (Å²) in [5, 5.41) is 12.2. The van der Waals surface area contributed by atoms with E-state index in [-0.39, 0.29) is 18.6 Å². The van der Waals surface area contributed by atoms with Crippen LogP contribution in [0.25, 0.3) is 0 Å². The van der Waals surface area contributed by atoms with Gasteiger partial charge in [0.05, 0.1) is 0 Å². The summed E-state index contributed by atoms with van der Waals surface area (Å²) >= 11 is 0. The summed E-state index contributed by atoms with van der Waals surface area (Å²) in [6.45, 7) is 0.607. The molecule has 1 aromatic rings. The Balaban J connectivity index is 1.89. The summed E-state index contributed by atoms with van der Waals surface area (Å²) in [6, 6.07) is 5.01. The topological polar surface area (TPSA) is 92.7 Å². The smallest absolute Gasteiger partial charge is 0.329 e. The van der Waals surface area contributed by atoms with E-state index >= 15 is 0 Å². The lowest BCUT2D eigenvalue weighted by Crippen LogP contribution is -2.57.